The molecule has 0 saturated carbocycles. The monoisotopic (exact) mass is 453 g/mol. The number of pyridine rings is 1. The quantitative estimate of drug-likeness (QED) is 0.568. The lowest BCUT2D eigenvalue weighted by Crippen LogP contribution is -2.45. The van der Waals surface area contributed by atoms with E-state index in [9.17, 15) is 4.79 Å². The molecule has 1 fully saturated rings. The Morgan fingerprint density at radius 2 is 1.81 bits per heavy atom. The number of hydrogen-bond acceptors (Lipinski definition) is 8. The molecule has 1 aromatic carbocycles. The topological polar surface area (TPSA) is 96.4 Å². The van der Waals surface area contributed by atoms with E-state index in [1.807, 2.05) is 25.1 Å². The van der Waals surface area contributed by atoms with Crippen LogP contribution in [0.3, 0.4) is 0 Å². The zero-order valence-electron chi connectivity index (χ0n) is 18.0. The second-order valence-corrected chi connectivity index (χ2v) is 7.80. The van der Waals surface area contributed by atoms with Gasteiger partial charge in [-0.05, 0) is 25.2 Å². The van der Waals surface area contributed by atoms with E-state index in [-0.39, 0.29) is 23.0 Å². The number of para-hydroxylation sites is 1. The van der Waals surface area contributed by atoms with Crippen LogP contribution in [0.5, 0.6) is 11.9 Å². The summed E-state index contributed by atoms with van der Waals surface area (Å²) in [6.45, 7) is 5.47. The highest BCUT2D eigenvalue weighted by atomic mass is 35.5. The fourth-order valence-electron chi connectivity index (χ4n) is 3.21. The van der Waals surface area contributed by atoms with Crippen molar-refractivity contribution < 1.29 is 9.53 Å². The molecule has 1 aliphatic rings. The van der Waals surface area contributed by atoms with Crippen molar-refractivity contribution in [3.8, 4) is 11.9 Å². The lowest BCUT2D eigenvalue weighted by Gasteiger charge is -2.32. The zero-order valence-corrected chi connectivity index (χ0v) is 18.7. The molecular weight excluding hydrogens is 430 g/mol. The predicted octanol–water partition coefficient (Wildman–Crippen LogP) is 3.28. The predicted molar refractivity (Wildman–Crippen MR) is 123 cm³/mol. The number of nitrogens with zero attached hydrogens (tertiary/aromatic N) is 6. The molecule has 1 aliphatic heterocycles. The highest BCUT2D eigenvalue weighted by molar-refractivity contribution is 6.30. The number of amides is 1. The summed E-state index contributed by atoms with van der Waals surface area (Å²) >= 11 is 6.15. The van der Waals surface area contributed by atoms with Crippen LogP contribution in [0.1, 0.15) is 23.1 Å². The molecule has 0 unspecified atom stereocenters. The molecule has 1 N–H and O–H groups in total. The molecule has 0 atom stereocenters. The Balaban J connectivity index is 1.55. The molecule has 4 rings (SSSR count). The van der Waals surface area contributed by atoms with Crippen molar-refractivity contribution in [2.24, 2.45) is 0 Å². The molecule has 3 heterocycles. The smallest absolute Gasteiger partial charge is 0.328 e. The minimum absolute atomic E-state index is 0.120. The number of nitrogens with one attached hydrogen (secondary N) is 1. The molecule has 3 aromatic rings. The molecule has 0 radical (unpaired) electrons. The highest BCUT2D eigenvalue weighted by Gasteiger charge is 2.19. The van der Waals surface area contributed by atoms with Crippen molar-refractivity contribution in [2.45, 2.75) is 13.3 Å². The first-order chi connectivity index (χ1) is 15.5. The third kappa shape index (κ3) is 5.49. The van der Waals surface area contributed by atoms with E-state index < -0.39 is 0 Å². The molecule has 9 nitrogen and oxygen atoms in total. The van der Waals surface area contributed by atoms with Gasteiger partial charge in [-0.15, -0.1) is 0 Å². The standard InChI is InChI=1S/C22H24ClN7O2/c1-3-18-26-21(30-11-9-29(2)10-12-30)28-22(27-18)32-19-14-15(13-17(23)25-19)20(31)24-16-7-5-4-6-8-16/h4-8,13-14H,3,9-12H2,1-2H3,(H,24,31). The largest absolute Gasteiger partial charge is 0.405 e. The summed E-state index contributed by atoms with van der Waals surface area (Å²) in [7, 11) is 2.09. The number of ether oxygens (including phenoxy) is 1. The van der Waals surface area contributed by atoms with Crippen LogP contribution in [-0.4, -0.2) is 64.0 Å². The van der Waals surface area contributed by atoms with Crippen molar-refractivity contribution in [2.75, 3.05) is 43.4 Å². The number of piperazine rings is 1. The van der Waals surface area contributed by atoms with Crippen molar-refractivity contribution >= 4 is 29.1 Å². The summed E-state index contributed by atoms with van der Waals surface area (Å²) < 4.78 is 5.82. The summed E-state index contributed by atoms with van der Waals surface area (Å²) in [5, 5.41) is 2.95. The van der Waals surface area contributed by atoms with Crippen LogP contribution in [0.2, 0.25) is 5.15 Å². The van der Waals surface area contributed by atoms with Gasteiger partial charge in [0.25, 0.3) is 5.91 Å². The molecule has 0 bridgehead atoms. The number of likely N-dealkylation sites (N-methyl/N-ethyl adjacent to an activating group) is 1. The van der Waals surface area contributed by atoms with Gasteiger partial charge in [0.1, 0.15) is 11.0 Å². The minimum Gasteiger partial charge on any atom is -0.405 e. The van der Waals surface area contributed by atoms with Crippen LogP contribution in [0.4, 0.5) is 11.6 Å². The van der Waals surface area contributed by atoms with Crippen LogP contribution >= 0.6 is 11.6 Å². The van der Waals surface area contributed by atoms with Crippen molar-refractivity contribution in [1.82, 2.24) is 24.8 Å². The van der Waals surface area contributed by atoms with E-state index >= 15 is 0 Å². The summed E-state index contributed by atoms with van der Waals surface area (Å²) in [5.74, 6) is 0.999. The van der Waals surface area contributed by atoms with Gasteiger partial charge >= 0.3 is 6.01 Å². The van der Waals surface area contributed by atoms with Crippen molar-refractivity contribution in [1.29, 1.82) is 0 Å². The van der Waals surface area contributed by atoms with Crippen LogP contribution in [0.25, 0.3) is 0 Å². The number of halogens is 1. The van der Waals surface area contributed by atoms with Crippen LogP contribution in [0.15, 0.2) is 42.5 Å². The van der Waals surface area contributed by atoms with E-state index in [4.69, 9.17) is 16.3 Å². The van der Waals surface area contributed by atoms with E-state index in [1.165, 1.54) is 12.1 Å². The van der Waals surface area contributed by atoms with Gasteiger partial charge in [0.05, 0.1) is 0 Å². The summed E-state index contributed by atoms with van der Waals surface area (Å²) in [6, 6.07) is 12.3. The Bertz CT molecular complexity index is 1090. The first-order valence-corrected chi connectivity index (χ1v) is 10.8. The maximum atomic E-state index is 12.7. The zero-order chi connectivity index (χ0) is 22.5. The molecule has 1 saturated heterocycles. The number of rotatable bonds is 6. The SMILES string of the molecule is CCc1nc(Oc2cc(C(=O)Nc3ccccc3)cc(Cl)n2)nc(N2CCN(C)CC2)n1. The van der Waals surface area contributed by atoms with Crippen molar-refractivity contribution in [3.05, 3.63) is 59.0 Å². The Hall–Kier alpha value is -3.30. The molecule has 0 aliphatic carbocycles. The number of benzene rings is 1. The fraction of sp³-hybridized carbons (Fsp3) is 0.318. The Labute approximate surface area is 191 Å². The summed E-state index contributed by atoms with van der Waals surface area (Å²) in [4.78, 5) is 34.6. The third-order valence-corrected chi connectivity index (χ3v) is 5.21. The lowest BCUT2D eigenvalue weighted by atomic mass is 10.2. The number of hydrogen-bond donors (Lipinski definition) is 1. The van der Waals surface area contributed by atoms with Crippen LogP contribution < -0.4 is 15.0 Å². The van der Waals surface area contributed by atoms with Crippen LogP contribution in [-0.2, 0) is 6.42 Å². The second kappa shape index (κ2) is 9.88. The molecular formula is C22H24ClN7O2. The molecule has 166 valence electrons. The molecule has 0 spiro atoms. The number of carbonyl (C=O) groups is 1. The minimum atomic E-state index is -0.326. The van der Waals surface area contributed by atoms with E-state index in [1.54, 1.807) is 12.1 Å². The van der Waals surface area contributed by atoms with Gasteiger partial charge in [0.15, 0.2) is 0 Å². The van der Waals surface area contributed by atoms with Crippen molar-refractivity contribution in [3.63, 3.8) is 0 Å². The molecule has 1 amide bonds. The van der Waals surface area contributed by atoms with E-state index in [2.05, 4.69) is 42.1 Å². The number of anilines is 2. The second-order valence-electron chi connectivity index (χ2n) is 7.42. The highest BCUT2D eigenvalue weighted by Crippen LogP contribution is 2.23. The lowest BCUT2D eigenvalue weighted by molar-refractivity contribution is 0.102. The fourth-order valence-corrected chi connectivity index (χ4v) is 3.41. The number of aromatic nitrogens is 4. The number of carbonyl (C=O) groups excluding carboxylic acids is 1. The first kappa shape index (κ1) is 21.9. The van der Waals surface area contributed by atoms with E-state index in [0.717, 1.165) is 26.2 Å². The first-order valence-electron chi connectivity index (χ1n) is 10.4. The van der Waals surface area contributed by atoms with Gasteiger partial charge in [-0.2, -0.15) is 15.0 Å². The van der Waals surface area contributed by atoms with Gasteiger partial charge in [-0.1, -0.05) is 36.7 Å². The average Bonchev–Trinajstić information content (AvgIpc) is 2.79. The molecule has 10 heteroatoms. The van der Waals surface area contributed by atoms with Gasteiger partial charge in [-0.3, -0.25) is 4.79 Å². The van der Waals surface area contributed by atoms with Gasteiger partial charge in [-0.25, -0.2) is 4.98 Å². The Kier molecular flexibility index (Phi) is 6.77. The summed E-state index contributed by atoms with van der Waals surface area (Å²) in [6.07, 6.45) is 0.632. The van der Waals surface area contributed by atoms with Gasteiger partial charge in [0.2, 0.25) is 11.8 Å². The third-order valence-electron chi connectivity index (χ3n) is 5.01. The normalized spacial score (nSPS) is 14.3. The van der Waals surface area contributed by atoms with E-state index in [0.29, 0.717) is 29.4 Å². The Morgan fingerprint density at radius 3 is 2.53 bits per heavy atom. The summed E-state index contributed by atoms with van der Waals surface area (Å²) in [5.41, 5.74) is 0.989. The molecule has 32 heavy (non-hydrogen) atoms. The van der Waals surface area contributed by atoms with Gasteiger partial charge < -0.3 is 19.9 Å². The Morgan fingerprint density at radius 1 is 1.06 bits per heavy atom. The van der Waals surface area contributed by atoms with Crippen LogP contribution in [0, 0.1) is 0 Å². The molecule has 2 aromatic heterocycles. The maximum absolute atomic E-state index is 12.7. The van der Waals surface area contributed by atoms with Gasteiger partial charge in [0, 0.05) is 49.9 Å². The number of aryl methyl sites for hydroxylation is 1. The maximum Gasteiger partial charge on any atom is 0.328 e. The average molecular weight is 454 g/mol.